The van der Waals surface area contributed by atoms with Gasteiger partial charge in [-0.15, -0.1) is 0 Å². The molecule has 0 saturated heterocycles. The van der Waals surface area contributed by atoms with Crippen LogP contribution in [-0.2, 0) is 0 Å². The van der Waals surface area contributed by atoms with Gasteiger partial charge < -0.3 is 5.73 Å². The summed E-state index contributed by atoms with van der Waals surface area (Å²) in [6, 6.07) is 8.15. The summed E-state index contributed by atoms with van der Waals surface area (Å²) in [6.07, 6.45) is 0. The molecule has 0 spiro atoms. The molecule has 0 aliphatic rings. The third kappa shape index (κ3) is 3.08. The molecule has 1 atom stereocenters. The Morgan fingerprint density at radius 2 is 1.74 bits per heavy atom. The van der Waals surface area contributed by atoms with Gasteiger partial charge in [0.15, 0.2) is 0 Å². The van der Waals surface area contributed by atoms with Crippen LogP contribution in [0.25, 0.3) is 0 Å². The minimum atomic E-state index is -0.427. The number of hydrogen-bond acceptors (Lipinski definition) is 1. The molecule has 19 heavy (non-hydrogen) atoms. The normalized spacial score (nSPS) is 12.5. The summed E-state index contributed by atoms with van der Waals surface area (Å²) in [7, 11) is 0. The van der Waals surface area contributed by atoms with Crippen LogP contribution in [0, 0.1) is 19.7 Å². The monoisotopic (exact) mass is 297 g/mol. The first-order valence-corrected chi connectivity index (χ1v) is 6.62. The number of nitrogens with two attached hydrogens (primary N) is 1. The van der Waals surface area contributed by atoms with Gasteiger partial charge in [0.25, 0.3) is 0 Å². The van der Waals surface area contributed by atoms with Crippen molar-refractivity contribution in [3.05, 3.63) is 68.4 Å². The van der Waals surface area contributed by atoms with Crippen molar-refractivity contribution < 1.29 is 4.39 Å². The molecule has 0 aliphatic heterocycles. The third-order valence-electron chi connectivity index (χ3n) is 3.04. The number of aryl methyl sites for hydroxylation is 2. The van der Waals surface area contributed by atoms with Crippen LogP contribution in [0.5, 0.6) is 0 Å². The van der Waals surface area contributed by atoms with Crippen molar-refractivity contribution in [2.45, 2.75) is 19.9 Å². The number of rotatable bonds is 2. The SMILES string of the molecule is Cc1cc(Cl)cc(C(N)c2cc(C)c(F)cc2Cl)c1. The van der Waals surface area contributed by atoms with Gasteiger partial charge in [-0.25, -0.2) is 4.39 Å². The van der Waals surface area contributed by atoms with Gasteiger partial charge in [-0.2, -0.15) is 0 Å². The molecule has 2 aromatic carbocycles. The third-order valence-corrected chi connectivity index (χ3v) is 3.58. The van der Waals surface area contributed by atoms with E-state index in [2.05, 4.69) is 0 Å². The molecular weight excluding hydrogens is 284 g/mol. The fourth-order valence-electron chi connectivity index (χ4n) is 2.04. The van der Waals surface area contributed by atoms with Crippen LogP contribution in [0.3, 0.4) is 0 Å². The van der Waals surface area contributed by atoms with Crippen LogP contribution in [0.2, 0.25) is 10.0 Å². The van der Waals surface area contributed by atoms with Crippen molar-refractivity contribution >= 4 is 23.2 Å². The van der Waals surface area contributed by atoms with Crippen molar-refractivity contribution in [1.82, 2.24) is 0 Å². The number of benzene rings is 2. The van der Waals surface area contributed by atoms with Crippen molar-refractivity contribution in [3.8, 4) is 0 Å². The summed E-state index contributed by atoms with van der Waals surface area (Å²) in [5.41, 5.74) is 9.31. The van der Waals surface area contributed by atoms with Gasteiger partial charge in [-0.1, -0.05) is 29.3 Å². The molecule has 2 N–H and O–H groups in total. The van der Waals surface area contributed by atoms with E-state index in [0.717, 1.165) is 11.1 Å². The molecule has 1 unspecified atom stereocenters. The summed E-state index contributed by atoms with van der Waals surface area (Å²) in [4.78, 5) is 0. The molecule has 0 heterocycles. The lowest BCUT2D eigenvalue weighted by Gasteiger charge is -2.16. The molecule has 0 amide bonds. The fraction of sp³-hybridized carbons (Fsp3) is 0.200. The molecule has 1 nitrogen and oxygen atoms in total. The number of hydrogen-bond donors (Lipinski definition) is 1. The van der Waals surface area contributed by atoms with E-state index in [1.165, 1.54) is 6.07 Å². The second kappa shape index (κ2) is 5.49. The maximum atomic E-state index is 13.4. The zero-order valence-electron chi connectivity index (χ0n) is 10.7. The maximum absolute atomic E-state index is 13.4. The molecule has 0 radical (unpaired) electrons. The standard InChI is InChI=1S/C15H14Cl2FN/c1-8-3-10(6-11(16)4-8)15(19)12-5-9(2)14(18)7-13(12)17/h3-7,15H,19H2,1-2H3. The van der Waals surface area contributed by atoms with E-state index < -0.39 is 6.04 Å². The van der Waals surface area contributed by atoms with Crippen LogP contribution < -0.4 is 5.73 Å². The Morgan fingerprint density at radius 1 is 1.05 bits per heavy atom. The Labute approximate surface area is 122 Å². The molecule has 0 saturated carbocycles. The summed E-state index contributed by atoms with van der Waals surface area (Å²) < 4.78 is 13.4. The maximum Gasteiger partial charge on any atom is 0.127 e. The highest BCUT2D eigenvalue weighted by atomic mass is 35.5. The lowest BCUT2D eigenvalue weighted by Crippen LogP contribution is -2.13. The summed E-state index contributed by atoms with van der Waals surface area (Å²) in [5.74, 6) is -0.330. The van der Waals surface area contributed by atoms with Gasteiger partial charge in [0, 0.05) is 10.0 Å². The number of halogens is 3. The first kappa shape index (κ1) is 14.3. The van der Waals surface area contributed by atoms with E-state index in [4.69, 9.17) is 28.9 Å². The van der Waals surface area contributed by atoms with E-state index in [-0.39, 0.29) is 5.82 Å². The van der Waals surface area contributed by atoms with E-state index in [1.807, 2.05) is 19.1 Å². The first-order chi connectivity index (χ1) is 8.88. The second-order valence-electron chi connectivity index (χ2n) is 4.66. The predicted octanol–water partition coefficient (Wildman–Crippen LogP) is 4.80. The Hall–Kier alpha value is -1.09. The largest absolute Gasteiger partial charge is 0.320 e. The van der Waals surface area contributed by atoms with Gasteiger partial charge in [-0.3, -0.25) is 0 Å². The van der Waals surface area contributed by atoms with Gasteiger partial charge in [-0.05, 0) is 60.4 Å². The van der Waals surface area contributed by atoms with E-state index in [0.29, 0.717) is 21.2 Å². The van der Waals surface area contributed by atoms with Gasteiger partial charge in [0.2, 0.25) is 0 Å². The van der Waals surface area contributed by atoms with E-state index >= 15 is 0 Å². The highest BCUT2D eigenvalue weighted by molar-refractivity contribution is 6.31. The average molecular weight is 298 g/mol. The summed E-state index contributed by atoms with van der Waals surface area (Å²) in [6.45, 7) is 3.63. The Kier molecular flexibility index (Phi) is 4.14. The van der Waals surface area contributed by atoms with Crippen LogP contribution in [0.4, 0.5) is 4.39 Å². The lowest BCUT2D eigenvalue weighted by atomic mass is 9.97. The molecule has 2 aromatic rings. The van der Waals surface area contributed by atoms with Crippen LogP contribution in [-0.4, -0.2) is 0 Å². The van der Waals surface area contributed by atoms with Crippen LogP contribution in [0.1, 0.15) is 28.3 Å². The van der Waals surface area contributed by atoms with E-state index in [1.54, 1.807) is 19.1 Å². The van der Waals surface area contributed by atoms with Gasteiger partial charge in [0.05, 0.1) is 6.04 Å². The Morgan fingerprint density at radius 3 is 2.37 bits per heavy atom. The average Bonchev–Trinajstić information content (AvgIpc) is 2.31. The topological polar surface area (TPSA) is 26.0 Å². The summed E-state index contributed by atoms with van der Waals surface area (Å²) in [5, 5.41) is 0.952. The fourth-order valence-corrected chi connectivity index (χ4v) is 2.61. The molecule has 0 fully saturated rings. The van der Waals surface area contributed by atoms with Crippen LogP contribution in [0.15, 0.2) is 30.3 Å². The quantitative estimate of drug-likeness (QED) is 0.847. The summed E-state index contributed by atoms with van der Waals surface area (Å²) >= 11 is 12.1. The van der Waals surface area contributed by atoms with Gasteiger partial charge in [0.1, 0.15) is 5.82 Å². The van der Waals surface area contributed by atoms with E-state index in [9.17, 15) is 4.39 Å². The first-order valence-electron chi connectivity index (χ1n) is 5.86. The molecule has 0 aromatic heterocycles. The minimum absolute atomic E-state index is 0.327. The zero-order valence-corrected chi connectivity index (χ0v) is 12.2. The highest BCUT2D eigenvalue weighted by Gasteiger charge is 2.15. The smallest absolute Gasteiger partial charge is 0.127 e. The van der Waals surface area contributed by atoms with Gasteiger partial charge >= 0.3 is 0 Å². The van der Waals surface area contributed by atoms with Crippen LogP contribution >= 0.6 is 23.2 Å². The molecule has 4 heteroatoms. The molecule has 0 aliphatic carbocycles. The van der Waals surface area contributed by atoms with Crippen molar-refractivity contribution in [3.63, 3.8) is 0 Å². The Balaban J connectivity index is 2.49. The Bertz CT molecular complexity index is 606. The van der Waals surface area contributed by atoms with Crippen molar-refractivity contribution in [2.24, 2.45) is 5.73 Å². The minimum Gasteiger partial charge on any atom is -0.320 e. The molecular formula is C15H14Cl2FN. The molecule has 2 rings (SSSR count). The zero-order chi connectivity index (χ0) is 14.2. The van der Waals surface area contributed by atoms with Crippen molar-refractivity contribution in [1.29, 1.82) is 0 Å². The molecule has 100 valence electrons. The highest BCUT2D eigenvalue weighted by Crippen LogP contribution is 2.30. The molecule has 0 bridgehead atoms. The van der Waals surface area contributed by atoms with Crippen molar-refractivity contribution in [2.75, 3.05) is 0 Å². The second-order valence-corrected chi connectivity index (χ2v) is 5.51. The predicted molar refractivity (Wildman–Crippen MR) is 78.4 cm³/mol. The lowest BCUT2D eigenvalue weighted by molar-refractivity contribution is 0.617.